The van der Waals surface area contributed by atoms with Crippen LogP contribution < -0.4 is 10.1 Å². The van der Waals surface area contributed by atoms with Crippen LogP contribution in [0.2, 0.25) is 5.02 Å². The van der Waals surface area contributed by atoms with Crippen molar-refractivity contribution in [1.29, 1.82) is 0 Å². The number of ether oxygens (including phenoxy) is 1. The molecule has 0 atom stereocenters. The number of hydrogen-bond acceptors (Lipinski definition) is 3. The van der Waals surface area contributed by atoms with Crippen LogP contribution >= 0.6 is 11.6 Å². The first kappa shape index (κ1) is 18.6. The molecule has 0 bridgehead atoms. The van der Waals surface area contributed by atoms with Gasteiger partial charge in [0.25, 0.3) is 5.91 Å². The number of hydrogen-bond donors (Lipinski definition) is 1. The van der Waals surface area contributed by atoms with Crippen LogP contribution in [-0.2, 0) is 0 Å². The first-order chi connectivity index (χ1) is 13.0. The molecule has 3 aromatic carbocycles. The molecular weight excluding hydrogens is 369 g/mol. The topological polar surface area (TPSA) is 55.4 Å². The zero-order valence-corrected chi connectivity index (χ0v) is 14.9. The Hall–Kier alpha value is -3.18. The van der Waals surface area contributed by atoms with Crippen LogP contribution in [0.3, 0.4) is 0 Å². The van der Waals surface area contributed by atoms with Gasteiger partial charge in [0.1, 0.15) is 11.6 Å². The maximum Gasteiger partial charge on any atom is 0.255 e. The third-order valence-corrected chi connectivity index (χ3v) is 3.99. The molecule has 3 aromatic rings. The van der Waals surface area contributed by atoms with Gasteiger partial charge in [-0.2, -0.15) is 0 Å². The van der Waals surface area contributed by atoms with Gasteiger partial charge in [-0.1, -0.05) is 17.7 Å². The van der Waals surface area contributed by atoms with E-state index in [2.05, 4.69) is 5.32 Å². The molecule has 0 fully saturated rings. The SMILES string of the molecule is O=C(COc1cccc(NC(=O)c2ccc(Cl)cc2)c1)c1ccc(F)cc1. The lowest BCUT2D eigenvalue weighted by atomic mass is 10.1. The van der Waals surface area contributed by atoms with E-state index in [4.69, 9.17) is 16.3 Å². The maximum absolute atomic E-state index is 12.9. The second kappa shape index (κ2) is 8.47. The minimum Gasteiger partial charge on any atom is -0.485 e. The van der Waals surface area contributed by atoms with Gasteiger partial charge in [0.05, 0.1) is 0 Å². The molecule has 0 aliphatic carbocycles. The fraction of sp³-hybridized carbons (Fsp3) is 0.0476. The Bertz CT molecular complexity index is 956. The summed E-state index contributed by atoms with van der Waals surface area (Å²) >= 11 is 5.82. The zero-order chi connectivity index (χ0) is 19.2. The van der Waals surface area contributed by atoms with Gasteiger partial charge in [-0.25, -0.2) is 4.39 Å². The summed E-state index contributed by atoms with van der Waals surface area (Å²) in [4.78, 5) is 24.3. The van der Waals surface area contributed by atoms with Crippen molar-refractivity contribution in [2.24, 2.45) is 0 Å². The summed E-state index contributed by atoms with van der Waals surface area (Å²) in [6, 6.07) is 18.5. The molecule has 136 valence electrons. The second-order valence-corrected chi connectivity index (χ2v) is 6.14. The van der Waals surface area contributed by atoms with E-state index in [1.54, 1.807) is 48.5 Å². The number of benzene rings is 3. The molecule has 0 saturated carbocycles. The van der Waals surface area contributed by atoms with Gasteiger partial charge >= 0.3 is 0 Å². The van der Waals surface area contributed by atoms with Crippen LogP contribution in [0.1, 0.15) is 20.7 Å². The van der Waals surface area contributed by atoms with Crippen molar-refractivity contribution >= 4 is 29.0 Å². The number of halogens is 2. The van der Waals surface area contributed by atoms with Gasteiger partial charge in [0, 0.05) is 27.9 Å². The van der Waals surface area contributed by atoms with Crippen molar-refractivity contribution < 1.29 is 18.7 Å². The van der Waals surface area contributed by atoms with Gasteiger partial charge < -0.3 is 10.1 Å². The van der Waals surface area contributed by atoms with E-state index in [0.29, 0.717) is 27.6 Å². The Morgan fingerprint density at radius 3 is 2.30 bits per heavy atom. The summed E-state index contributed by atoms with van der Waals surface area (Å²) < 4.78 is 18.4. The molecule has 0 heterocycles. The molecule has 6 heteroatoms. The Kier molecular flexibility index (Phi) is 5.84. The van der Waals surface area contributed by atoms with Crippen LogP contribution in [0.5, 0.6) is 5.75 Å². The predicted molar refractivity (Wildman–Crippen MR) is 102 cm³/mol. The van der Waals surface area contributed by atoms with E-state index < -0.39 is 5.82 Å². The lowest BCUT2D eigenvalue weighted by Crippen LogP contribution is -2.13. The fourth-order valence-electron chi connectivity index (χ4n) is 2.34. The van der Waals surface area contributed by atoms with Gasteiger partial charge in [-0.05, 0) is 60.7 Å². The number of amides is 1. The average Bonchev–Trinajstić information content (AvgIpc) is 2.67. The van der Waals surface area contributed by atoms with Crippen molar-refractivity contribution in [3.05, 3.63) is 94.8 Å². The van der Waals surface area contributed by atoms with Gasteiger partial charge in [-0.3, -0.25) is 9.59 Å². The first-order valence-electron chi connectivity index (χ1n) is 8.10. The van der Waals surface area contributed by atoms with Gasteiger partial charge in [0.2, 0.25) is 0 Å². The zero-order valence-electron chi connectivity index (χ0n) is 14.1. The van der Waals surface area contributed by atoms with Crippen LogP contribution in [0, 0.1) is 5.82 Å². The summed E-state index contributed by atoms with van der Waals surface area (Å²) in [5.41, 5.74) is 1.36. The van der Waals surface area contributed by atoms with Crippen LogP contribution in [0.15, 0.2) is 72.8 Å². The standard InChI is InChI=1S/C21H15ClFNO3/c22-16-8-4-15(5-9-16)21(26)24-18-2-1-3-19(12-18)27-13-20(25)14-6-10-17(23)11-7-14/h1-12H,13H2,(H,24,26). The van der Waals surface area contributed by atoms with E-state index in [1.165, 1.54) is 24.3 Å². The molecule has 0 saturated heterocycles. The van der Waals surface area contributed by atoms with Crippen molar-refractivity contribution in [2.75, 3.05) is 11.9 Å². The molecule has 0 aliphatic rings. The number of carbonyl (C=O) groups is 2. The van der Waals surface area contributed by atoms with Crippen LogP contribution in [0.4, 0.5) is 10.1 Å². The van der Waals surface area contributed by atoms with Crippen molar-refractivity contribution in [2.45, 2.75) is 0 Å². The summed E-state index contributed by atoms with van der Waals surface area (Å²) in [6.07, 6.45) is 0. The Morgan fingerprint density at radius 1 is 0.926 bits per heavy atom. The number of carbonyl (C=O) groups excluding carboxylic acids is 2. The van der Waals surface area contributed by atoms with Crippen molar-refractivity contribution in [1.82, 2.24) is 0 Å². The second-order valence-electron chi connectivity index (χ2n) is 5.71. The first-order valence-corrected chi connectivity index (χ1v) is 8.47. The summed E-state index contributed by atoms with van der Waals surface area (Å²) in [5, 5.41) is 3.30. The highest BCUT2D eigenvalue weighted by Gasteiger charge is 2.09. The molecular formula is C21H15ClFNO3. The highest BCUT2D eigenvalue weighted by Crippen LogP contribution is 2.19. The van der Waals surface area contributed by atoms with E-state index in [1.807, 2.05) is 0 Å². The van der Waals surface area contributed by atoms with E-state index >= 15 is 0 Å². The number of anilines is 1. The quantitative estimate of drug-likeness (QED) is 0.610. The minimum atomic E-state index is -0.406. The molecule has 27 heavy (non-hydrogen) atoms. The molecule has 0 unspecified atom stereocenters. The third kappa shape index (κ3) is 5.15. The van der Waals surface area contributed by atoms with Gasteiger partial charge in [0.15, 0.2) is 12.4 Å². The highest BCUT2D eigenvalue weighted by atomic mass is 35.5. The number of rotatable bonds is 6. The lowest BCUT2D eigenvalue weighted by molar-refractivity contribution is 0.0920. The molecule has 1 amide bonds. The van der Waals surface area contributed by atoms with Crippen molar-refractivity contribution in [3.8, 4) is 5.75 Å². The Morgan fingerprint density at radius 2 is 1.59 bits per heavy atom. The normalized spacial score (nSPS) is 10.3. The summed E-state index contributed by atoms with van der Waals surface area (Å²) in [6.45, 7) is -0.194. The number of ketones is 1. The molecule has 0 radical (unpaired) electrons. The third-order valence-electron chi connectivity index (χ3n) is 3.73. The smallest absolute Gasteiger partial charge is 0.255 e. The molecule has 0 aromatic heterocycles. The molecule has 1 N–H and O–H groups in total. The lowest BCUT2D eigenvalue weighted by Gasteiger charge is -2.09. The molecule has 3 rings (SSSR count). The van der Waals surface area contributed by atoms with E-state index in [-0.39, 0.29) is 18.3 Å². The molecule has 0 aliphatic heterocycles. The summed E-state index contributed by atoms with van der Waals surface area (Å²) in [7, 11) is 0. The minimum absolute atomic E-state index is 0.194. The van der Waals surface area contributed by atoms with Crippen LogP contribution in [-0.4, -0.2) is 18.3 Å². The average molecular weight is 384 g/mol. The monoisotopic (exact) mass is 383 g/mol. The van der Waals surface area contributed by atoms with Crippen molar-refractivity contribution in [3.63, 3.8) is 0 Å². The predicted octanol–water partition coefficient (Wildman–Crippen LogP) is 4.99. The Balaban J connectivity index is 1.61. The largest absolute Gasteiger partial charge is 0.485 e. The fourth-order valence-corrected chi connectivity index (χ4v) is 2.46. The van der Waals surface area contributed by atoms with E-state index in [9.17, 15) is 14.0 Å². The summed E-state index contributed by atoms with van der Waals surface area (Å²) in [5.74, 6) is -0.534. The van der Waals surface area contributed by atoms with Crippen LogP contribution in [0.25, 0.3) is 0 Å². The number of Topliss-reactive ketones (excluding diaryl/α,β-unsaturated/α-hetero) is 1. The highest BCUT2D eigenvalue weighted by molar-refractivity contribution is 6.30. The molecule has 4 nitrogen and oxygen atoms in total. The van der Waals surface area contributed by atoms with Gasteiger partial charge in [-0.15, -0.1) is 0 Å². The number of nitrogens with one attached hydrogen (secondary N) is 1. The van der Waals surface area contributed by atoms with E-state index in [0.717, 1.165) is 0 Å². The molecule has 0 spiro atoms. The maximum atomic E-state index is 12.9. The Labute approximate surface area is 160 Å².